The number of rotatable bonds is 2. The number of hydrogen-bond acceptors (Lipinski definition) is 0. The summed E-state index contributed by atoms with van der Waals surface area (Å²) in [4.78, 5) is 0. The van der Waals surface area contributed by atoms with E-state index in [0.29, 0.717) is 0 Å². The molecule has 0 aromatic carbocycles. The number of hydrogen-bond donors (Lipinski definition) is 0. The van der Waals surface area contributed by atoms with E-state index in [2.05, 4.69) is 13.8 Å². The van der Waals surface area contributed by atoms with Crippen LogP contribution in [0.1, 0.15) is 19.3 Å². The van der Waals surface area contributed by atoms with E-state index >= 15 is 0 Å². The van der Waals surface area contributed by atoms with E-state index in [9.17, 15) is 0 Å². The Morgan fingerprint density at radius 3 is 0.727 bits per heavy atom. The van der Waals surface area contributed by atoms with Gasteiger partial charge in [-0.25, -0.2) is 0 Å². The molecular weight excluding hydrogens is 593 g/mol. The van der Waals surface area contributed by atoms with Crippen LogP contribution in [0.4, 0.5) is 0 Å². The third-order valence-electron chi connectivity index (χ3n) is 0.500. The molecule has 6 radical (unpaired) electrons. The second-order valence-electron chi connectivity index (χ2n) is 1.06. The van der Waals surface area contributed by atoms with Crippen molar-refractivity contribution in [3.63, 3.8) is 0 Å². The zero-order chi connectivity index (χ0) is 4.12. The molecule has 0 saturated heterocycles. The van der Waals surface area contributed by atoms with Crippen LogP contribution < -0.4 is 0 Å². The molecule has 0 amide bonds. The van der Waals surface area contributed by atoms with Gasteiger partial charge >= 0.3 is 0 Å². The fraction of sp³-hybridized carbons (Fsp3) is 0.600. The maximum atomic E-state index is 3.64. The van der Waals surface area contributed by atoms with E-state index in [4.69, 9.17) is 0 Å². The van der Waals surface area contributed by atoms with E-state index in [1.807, 2.05) is 0 Å². The van der Waals surface area contributed by atoms with Crippen molar-refractivity contribution in [3.8, 4) is 0 Å². The average Bonchev–Trinajstić information content (AvgIpc) is 1.41. The van der Waals surface area contributed by atoms with Crippen LogP contribution in [0.2, 0.25) is 0 Å². The summed E-state index contributed by atoms with van der Waals surface area (Å²) in [6.07, 6.45) is 3.23. The molecule has 0 heterocycles. The van der Waals surface area contributed by atoms with E-state index in [1.54, 1.807) is 0 Å². The van der Waals surface area contributed by atoms with Crippen molar-refractivity contribution in [1.82, 2.24) is 0 Å². The smallest absolute Gasteiger partial charge is 0 e. The summed E-state index contributed by atoms with van der Waals surface area (Å²) in [5, 5.41) is 0. The molecule has 0 rings (SSSR count). The van der Waals surface area contributed by atoms with Crippen LogP contribution in [0.15, 0.2) is 0 Å². The van der Waals surface area contributed by atoms with Crippen molar-refractivity contribution >= 4 is 0 Å². The van der Waals surface area contributed by atoms with Gasteiger partial charge in [0.25, 0.3) is 0 Å². The monoisotopic (exact) mass is 604 g/mol. The fourth-order valence-electron chi connectivity index (χ4n) is 0.177. The third-order valence-corrected chi connectivity index (χ3v) is 0.500. The predicted octanol–water partition coefficient (Wildman–Crippen LogP) is 1.81. The van der Waals surface area contributed by atoms with Gasteiger partial charge in [-0.2, -0.15) is 12.8 Å². The average molecular weight is 604 g/mol. The maximum absolute atomic E-state index is 3.64. The van der Waals surface area contributed by atoms with Crippen LogP contribution in [-0.2, 0) is 196 Å². The predicted molar refractivity (Wildman–Crippen MR) is 24.6 cm³/mol. The van der Waals surface area contributed by atoms with Gasteiger partial charge in [0.1, 0.15) is 0 Å². The molecule has 0 aliphatic carbocycles. The molecule has 0 unspecified atom stereocenters. The van der Waals surface area contributed by atoms with Gasteiger partial charge in [-0.15, -0.1) is 6.42 Å². The zero-order valence-electron chi connectivity index (χ0n) is 7.00. The molecule has 11 heavy (non-hydrogen) atoms. The van der Waals surface area contributed by atoms with Gasteiger partial charge in [0.05, 0.1) is 0 Å². The summed E-state index contributed by atoms with van der Waals surface area (Å²) < 4.78 is 0. The second kappa shape index (κ2) is 43.8. The molecule has 0 aliphatic heterocycles. The molecule has 0 bridgehead atoms. The molecule has 0 fully saturated rings. The third kappa shape index (κ3) is 47.8. The largest absolute Gasteiger partial charge is 0.343 e. The molecule has 0 N–H and O–H groups in total. The first-order chi connectivity index (χ1) is 2.41. The van der Waals surface area contributed by atoms with Crippen molar-refractivity contribution in [2.45, 2.75) is 19.3 Å². The minimum atomic E-state index is 0. The van der Waals surface area contributed by atoms with Gasteiger partial charge in [0, 0.05) is 196 Å². The molecule has 0 aromatic rings. The van der Waals surface area contributed by atoms with Crippen molar-refractivity contribution in [2.24, 2.45) is 0 Å². The van der Waals surface area contributed by atoms with E-state index in [1.165, 1.54) is 6.42 Å². The molecule has 0 aromatic heterocycles. The van der Waals surface area contributed by atoms with Crippen LogP contribution in [0, 0.1) is 13.8 Å². The SMILES string of the molecule is [CH2-]CCC[CH2-].[Y].[Y].[Y].[Y].[Y].[Y]. The van der Waals surface area contributed by atoms with Crippen LogP contribution in [-0.4, -0.2) is 0 Å². The summed E-state index contributed by atoms with van der Waals surface area (Å²) in [7, 11) is 0. The van der Waals surface area contributed by atoms with Crippen LogP contribution >= 0.6 is 0 Å². The topological polar surface area (TPSA) is 0 Å². The molecule has 0 saturated carbocycles. The molecule has 6 heteroatoms. The molecule has 50 valence electrons. The number of unbranched alkanes of at least 4 members (excludes halogenated alkanes) is 2. The Bertz CT molecular complexity index is 18.4. The normalized spacial score (nSPS) is 3.82. The summed E-state index contributed by atoms with van der Waals surface area (Å²) in [5.41, 5.74) is 0. The first-order valence-corrected chi connectivity index (χ1v) is 2.00. The van der Waals surface area contributed by atoms with Gasteiger partial charge in [-0.05, 0) is 0 Å². The van der Waals surface area contributed by atoms with E-state index in [-0.39, 0.29) is 196 Å². The van der Waals surface area contributed by atoms with Crippen molar-refractivity contribution in [2.75, 3.05) is 0 Å². The van der Waals surface area contributed by atoms with Crippen LogP contribution in [0.5, 0.6) is 0 Å². The van der Waals surface area contributed by atoms with Gasteiger partial charge in [-0.3, -0.25) is 0 Å². The standard InChI is InChI=1S/C5H10.6Y/c1-3-5-4-2;;;;;;/h1-5H2;;;;;;/q-2;;;;;;. The van der Waals surface area contributed by atoms with Gasteiger partial charge < -0.3 is 13.8 Å². The summed E-state index contributed by atoms with van der Waals surface area (Å²) >= 11 is 0. The van der Waals surface area contributed by atoms with Crippen molar-refractivity contribution < 1.29 is 196 Å². The molecule has 0 nitrogen and oxygen atoms in total. The van der Waals surface area contributed by atoms with Gasteiger partial charge in [0.15, 0.2) is 0 Å². The van der Waals surface area contributed by atoms with Crippen LogP contribution in [0.25, 0.3) is 0 Å². The molecular formula is C5H10Y6-2. The Kier molecular flexibility index (Phi) is 172. The van der Waals surface area contributed by atoms with Gasteiger partial charge in [0.2, 0.25) is 0 Å². The molecule has 0 aliphatic rings. The van der Waals surface area contributed by atoms with Gasteiger partial charge in [-0.1, -0.05) is 0 Å². The van der Waals surface area contributed by atoms with E-state index in [0.717, 1.165) is 12.8 Å². The Morgan fingerprint density at radius 1 is 0.545 bits per heavy atom. The second-order valence-corrected chi connectivity index (χ2v) is 1.06. The maximum Gasteiger partial charge on any atom is 0 e. The Morgan fingerprint density at radius 2 is 0.727 bits per heavy atom. The van der Waals surface area contributed by atoms with Crippen molar-refractivity contribution in [1.29, 1.82) is 0 Å². The quantitative estimate of drug-likeness (QED) is 0.423. The first kappa shape index (κ1) is 43.2. The zero-order valence-corrected chi connectivity index (χ0v) is 24.0. The Balaban J connectivity index is -0.00000000533. The summed E-state index contributed by atoms with van der Waals surface area (Å²) in [6.45, 7) is 7.27. The first-order valence-electron chi connectivity index (χ1n) is 2.00. The van der Waals surface area contributed by atoms with Crippen molar-refractivity contribution in [3.05, 3.63) is 13.8 Å². The minimum Gasteiger partial charge on any atom is -0.343 e. The Labute approximate surface area is 223 Å². The Hall–Kier alpha value is 6.62. The summed E-state index contributed by atoms with van der Waals surface area (Å²) in [5.74, 6) is 0. The minimum absolute atomic E-state index is 0. The molecule has 0 atom stereocenters. The summed E-state index contributed by atoms with van der Waals surface area (Å²) in [6, 6.07) is 0. The fourth-order valence-corrected chi connectivity index (χ4v) is 0.177. The van der Waals surface area contributed by atoms with Crippen LogP contribution in [0.3, 0.4) is 0 Å². The van der Waals surface area contributed by atoms with E-state index < -0.39 is 0 Å². The molecule has 0 spiro atoms.